The van der Waals surface area contributed by atoms with Crippen molar-refractivity contribution in [1.29, 1.82) is 0 Å². The Morgan fingerprint density at radius 1 is 1.35 bits per heavy atom. The van der Waals surface area contributed by atoms with Gasteiger partial charge in [-0.15, -0.1) is 11.3 Å². The van der Waals surface area contributed by atoms with Crippen LogP contribution in [0.4, 0.5) is 0 Å². The van der Waals surface area contributed by atoms with Crippen molar-refractivity contribution < 1.29 is 9.53 Å². The van der Waals surface area contributed by atoms with Gasteiger partial charge in [0.2, 0.25) is 0 Å². The first kappa shape index (κ1) is 15.7. The van der Waals surface area contributed by atoms with Gasteiger partial charge in [-0.2, -0.15) is 4.99 Å². The highest BCUT2D eigenvalue weighted by Crippen LogP contribution is 2.29. The monoisotopic (exact) mass is 344 g/mol. The lowest BCUT2D eigenvalue weighted by Crippen LogP contribution is -2.12. The van der Waals surface area contributed by atoms with E-state index in [1.54, 1.807) is 24.5 Å². The smallest absolute Gasteiger partial charge is 0.272 e. The second kappa shape index (κ2) is 6.52. The first-order chi connectivity index (χ1) is 11.1. The molecule has 2 heterocycles. The van der Waals surface area contributed by atoms with Gasteiger partial charge in [0.1, 0.15) is 11.3 Å². The van der Waals surface area contributed by atoms with Gasteiger partial charge in [0.15, 0.2) is 4.80 Å². The lowest BCUT2D eigenvalue weighted by molar-refractivity contribution is -0.113. The van der Waals surface area contributed by atoms with E-state index in [4.69, 9.17) is 4.74 Å². The summed E-state index contributed by atoms with van der Waals surface area (Å²) in [4.78, 5) is 18.0. The average molecular weight is 344 g/mol. The molecule has 0 atom stereocenters. The molecule has 6 heteroatoms. The van der Waals surface area contributed by atoms with E-state index in [1.807, 2.05) is 48.2 Å². The molecule has 0 fully saturated rings. The topological polar surface area (TPSA) is 43.6 Å². The molecular formula is C17H16N2O2S2. The highest BCUT2D eigenvalue weighted by molar-refractivity contribution is 7.16. The minimum atomic E-state index is -0.267. The zero-order valence-electron chi connectivity index (χ0n) is 13.1. The molecule has 1 amide bonds. The molecule has 2 aromatic heterocycles. The summed E-state index contributed by atoms with van der Waals surface area (Å²) < 4.78 is 8.41. The summed E-state index contributed by atoms with van der Waals surface area (Å²) in [5, 5.41) is 1.97. The Morgan fingerprint density at radius 3 is 2.87 bits per heavy atom. The lowest BCUT2D eigenvalue weighted by atomic mass is 10.2. The molecule has 0 unspecified atom stereocenters. The molecule has 0 bridgehead atoms. The molecule has 4 nitrogen and oxygen atoms in total. The Bertz CT molecular complexity index is 947. The molecular weight excluding hydrogens is 328 g/mol. The van der Waals surface area contributed by atoms with E-state index in [1.165, 1.54) is 17.4 Å². The minimum Gasteiger partial charge on any atom is -0.495 e. The van der Waals surface area contributed by atoms with Crippen LogP contribution in [-0.4, -0.2) is 17.6 Å². The zero-order valence-corrected chi connectivity index (χ0v) is 14.7. The number of aromatic nitrogens is 1. The molecule has 0 N–H and O–H groups in total. The summed E-state index contributed by atoms with van der Waals surface area (Å²) in [5.74, 6) is 0.518. The van der Waals surface area contributed by atoms with Crippen molar-refractivity contribution in [3.8, 4) is 5.75 Å². The van der Waals surface area contributed by atoms with Gasteiger partial charge >= 0.3 is 0 Å². The second-order valence-corrected chi connectivity index (χ2v) is 6.96. The van der Waals surface area contributed by atoms with Gasteiger partial charge < -0.3 is 9.30 Å². The molecule has 118 valence electrons. The van der Waals surface area contributed by atoms with Crippen LogP contribution in [0.3, 0.4) is 0 Å². The van der Waals surface area contributed by atoms with Gasteiger partial charge in [-0.25, -0.2) is 0 Å². The highest BCUT2D eigenvalue weighted by Gasteiger charge is 2.11. The number of ether oxygens (including phenoxy) is 1. The van der Waals surface area contributed by atoms with Crippen molar-refractivity contribution in [2.24, 2.45) is 12.0 Å². The normalized spacial score (nSPS) is 12.4. The summed E-state index contributed by atoms with van der Waals surface area (Å²) >= 11 is 3.08. The van der Waals surface area contributed by atoms with E-state index < -0.39 is 0 Å². The van der Waals surface area contributed by atoms with Crippen LogP contribution in [0.5, 0.6) is 5.75 Å². The fraction of sp³-hybridized carbons (Fsp3) is 0.176. The predicted molar refractivity (Wildman–Crippen MR) is 96.0 cm³/mol. The maximum atomic E-state index is 12.1. The molecule has 0 spiro atoms. The van der Waals surface area contributed by atoms with Crippen molar-refractivity contribution >= 4 is 44.9 Å². The highest BCUT2D eigenvalue weighted by atomic mass is 32.1. The number of carbonyl (C=O) groups excluding carboxylic acids is 1. The maximum absolute atomic E-state index is 12.1. The molecule has 0 aliphatic carbocycles. The summed E-state index contributed by atoms with van der Waals surface area (Å²) in [5.41, 5.74) is 2.11. The number of thiazole rings is 1. The maximum Gasteiger partial charge on any atom is 0.272 e. The third-order valence-corrected chi connectivity index (χ3v) is 5.57. The van der Waals surface area contributed by atoms with Crippen LogP contribution in [0.15, 0.2) is 40.7 Å². The molecule has 0 aliphatic rings. The molecule has 0 aliphatic heterocycles. The van der Waals surface area contributed by atoms with Crippen molar-refractivity contribution in [1.82, 2.24) is 4.57 Å². The van der Waals surface area contributed by atoms with Gasteiger partial charge in [0.05, 0.1) is 11.8 Å². The van der Waals surface area contributed by atoms with Crippen molar-refractivity contribution in [3.63, 3.8) is 0 Å². The molecule has 23 heavy (non-hydrogen) atoms. The molecule has 3 aromatic rings. The largest absolute Gasteiger partial charge is 0.495 e. The Balaban J connectivity index is 2.04. The second-order valence-electron chi connectivity index (χ2n) is 5.00. The Labute approximate surface area is 142 Å². The van der Waals surface area contributed by atoms with E-state index in [2.05, 4.69) is 4.99 Å². The number of benzene rings is 1. The summed E-state index contributed by atoms with van der Waals surface area (Å²) in [6.07, 6.45) is 3.29. The van der Waals surface area contributed by atoms with Crippen molar-refractivity contribution in [2.75, 3.05) is 7.11 Å². The fourth-order valence-corrected chi connectivity index (χ4v) is 4.02. The van der Waals surface area contributed by atoms with E-state index >= 15 is 0 Å². The van der Waals surface area contributed by atoms with E-state index in [0.717, 1.165) is 26.4 Å². The standard InChI is InChI=1S/C17H16N2O2S2/c1-11-6-8-13(21-3)15-16(11)23-17(19(15)2)18-14(20)9-7-12-5-4-10-22-12/h4-10H,1-3H3. The molecule has 3 rings (SSSR count). The van der Waals surface area contributed by atoms with Gasteiger partial charge in [-0.1, -0.05) is 23.5 Å². The SMILES string of the molecule is COc1ccc(C)c2sc(=NC(=O)C=Cc3cccs3)n(C)c12. The third kappa shape index (κ3) is 3.13. The number of hydrogen-bond donors (Lipinski definition) is 0. The Morgan fingerprint density at radius 2 is 2.17 bits per heavy atom. The number of aryl methyl sites for hydroxylation is 2. The molecule has 0 saturated heterocycles. The lowest BCUT2D eigenvalue weighted by Gasteiger charge is -2.05. The summed E-state index contributed by atoms with van der Waals surface area (Å²) in [7, 11) is 3.55. The van der Waals surface area contributed by atoms with Crippen LogP contribution in [0.1, 0.15) is 10.4 Å². The van der Waals surface area contributed by atoms with Crippen LogP contribution in [0, 0.1) is 6.92 Å². The van der Waals surface area contributed by atoms with E-state index in [-0.39, 0.29) is 5.91 Å². The Hall–Kier alpha value is -2.18. The summed E-state index contributed by atoms with van der Waals surface area (Å²) in [6, 6.07) is 7.86. The van der Waals surface area contributed by atoms with Crippen LogP contribution < -0.4 is 9.54 Å². The number of nitrogens with zero attached hydrogens (tertiary/aromatic N) is 2. The average Bonchev–Trinajstić information content (AvgIpc) is 3.16. The van der Waals surface area contributed by atoms with Crippen LogP contribution in [-0.2, 0) is 11.8 Å². The van der Waals surface area contributed by atoms with Gasteiger partial charge in [0, 0.05) is 18.0 Å². The number of hydrogen-bond acceptors (Lipinski definition) is 4. The Kier molecular flexibility index (Phi) is 4.45. The number of carbonyl (C=O) groups is 1. The minimum absolute atomic E-state index is 0.267. The van der Waals surface area contributed by atoms with Crippen molar-refractivity contribution in [2.45, 2.75) is 6.92 Å². The first-order valence-electron chi connectivity index (χ1n) is 7.03. The first-order valence-corrected chi connectivity index (χ1v) is 8.73. The van der Waals surface area contributed by atoms with Gasteiger partial charge in [-0.05, 0) is 36.1 Å². The van der Waals surface area contributed by atoms with Gasteiger partial charge in [-0.3, -0.25) is 4.79 Å². The van der Waals surface area contributed by atoms with Crippen molar-refractivity contribution in [3.05, 3.63) is 51.0 Å². The van der Waals surface area contributed by atoms with E-state index in [0.29, 0.717) is 4.80 Å². The van der Waals surface area contributed by atoms with Crippen LogP contribution >= 0.6 is 22.7 Å². The molecule has 1 aromatic carbocycles. The number of methoxy groups -OCH3 is 1. The summed E-state index contributed by atoms with van der Waals surface area (Å²) in [6.45, 7) is 2.04. The number of rotatable bonds is 3. The van der Waals surface area contributed by atoms with Crippen LogP contribution in [0.25, 0.3) is 16.3 Å². The van der Waals surface area contributed by atoms with E-state index in [9.17, 15) is 4.79 Å². The number of fused-ring (bicyclic) bond motifs is 1. The zero-order chi connectivity index (χ0) is 16.4. The predicted octanol–water partition coefficient (Wildman–Crippen LogP) is 3.76. The number of thiophene rings is 1. The third-order valence-electron chi connectivity index (χ3n) is 3.47. The fourth-order valence-electron chi connectivity index (χ4n) is 2.29. The number of amides is 1. The molecule has 0 saturated carbocycles. The molecule has 0 radical (unpaired) electrons. The van der Waals surface area contributed by atoms with Crippen LogP contribution in [0.2, 0.25) is 0 Å². The van der Waals surface area contributed by atoms with Gasteiger partial charge in [0.25, 0.3) is 5.91 Å². The quantitative estimate of drug-likeness (QED) is 0.679.